The number of Topliss-reactive ketones (excluding diaryl/α,β-unsaturated/α-hetero) is 1. The van der Waals surface area contributed by atoms with Gasteiger partial charge >= 0.3 is 0 Å². The standard InChI is InChI=1S/C28H26N4O4/c1-28(2)13-20(33)24-21(14-28)36-27-25(23(24)17-7-5-4-6-8-17)26-30-22(31-32(26)16-29-27)15-35-19-11-9-18(34-3)10-12-19/h4-12,16,23H,13-15H2,1-3H3/t23-/m0/s1. The van der Waals surface area contributed by atoms with Crippen molar-refractivity contribution in [2.75, 3.05) is 7.11 Å². The molecule has 0 fully saturated rings. The molecule has 36 heavy (non-hydrogen) atoms. The fraction of sp³-hybridized carbons (Fsp3) is 0.286. The number of carbonyl (C=O) groups excluding carboxylic acids is 1. The molecule has 0 unspecified atom stereocenters. The summed E-state index contributed by atoms with van der Waals surface area (Å²) in [7, 11) is 1.62. The molecule has 0 N–H and O–H groups in total. The number of aromatic nitrogens is 4. The van der Waals surface area contributed by atoms with E-state index < -0.39 is 0 Å². The third-order valence-electron chi connectivity index (χ3n) is 6.67. The number of ketones is 1. The van der Waals surface area contributed by atoms with E-state index >= 15 is 0 Å². The van der Waals surface area contributed by atoms with Gasteiger partial charge in [0.15, 0.2) is 17.3 Å². The van der Waals surface area contributed by atoms with Gasteiger partial charge in [-0.15, -0.1) is 5.10 Å². The molecule has 1 aliphatic carbocycles. The first-order chi connectivity index (χ1) is 17.4. The molecular formula is C28H26N4O4. The number of hydrogen-bond donors (Lipinski definition) is 0. The molecule has 4 aromatic rings. The van der Waals surface area contributed by atoms with Gasteiger partial charge < -0.3 is 14.2 Å². The highest BCUT2D eigenvalue weighted by Crippen LogP contribution is 2.50. The Hall–Kier alpha value is -4.20. The summed E-state index contributed by atoms with van der Waals surface area (Å²) in [5, 5.41) is 4.58. The van der Waals surface area contributed by atoms with Crippen LogP contribution in [0.1, 0.15) is 49.6 Å². The number of rotatable bonds is 5. The number of benzene rings is 2. The summed E-state index contributed by atoms with van der Waals surface area (Å²) < 4.78 is 19.0. The van der Waals surface area contributed by atoms with Crippen molar-refractivity contribution < 1.29 is 19.0 Å². The maximum Gasteiger partial charge on any atom is 0.228 e. The number of allylic oxidation sites excluding steroid dienone is 2. The molecule has 8 nitrogen and oxygen atoms in total. The molecule has 0 amide bonds. The van der Waals surface area contributed by atoms with E-state index in [1.807, 2.05) is 54.6 Å². The highest BCUT2D eigenvalue weighted by molar-refractivity contribution is 6.00. The molecule has 0 radical (unpaired) electrons. The van der Waals surface area contributed by atoms with Crippen LogP contribution in [-0.2, 0) is 11.4 Å². The summed E-state index contributed by atoms with van der Waals surface area (Å²) in [6, 6.07) is 17.3. The van der Waals surface area contributed by atoms with Gasteiger partial charge in [-0.1, -0.05) is 44.2 Å². The van der Waals surface area contributed by atoms with Gasteiger partial charge in [-0.05, 0) is 35.2 Å². The van der Waals surface area contributed by atoms with Crippen LogP contribution in [0.2, 0.25) is 0 Å². The third-order valence-corrected chi connectivity index (χ3v) is 6.67. The van der Waals surface area contributed by atoms with Crippen molar-refractivity contribution in [3.63, 3.8) is 0 Å². The van der Waals surface area contributed by atoms with Crippen molar-refractivity contribution >= 4 is 11.4 Å². The van der Waals surface area contributed by atoms with E-state index in [9.17, 15) is 4.79 Å². The van der Waals surface area contributed by atoms with Crippen molar-refractivity contribution in [3.8, 4) is 17.4 Å². The molecule has 3 heterocycles. The van der Waals surface area contributed by atoms with Crippen LogP contribution >= 0.6 is 0 Å². The number of hydrogen-bond acceptors (Lipinski definition) is 7. The molecule has 8 heteroatoms. The molecule has 0 bridgehead atoms. The fourth-order valence-electron chi connectivity index (χ4n) is 5.05. The minimum Gasteiger partial charge on any atom is -0.497 e. The Bertz CT molecular complexity index is 1490. The Morgan fingerprint density at radius 2 is 1.81 bits per heavy atom. The first-order valence-corrected chi connectivity index (χ1v) is 11.9. The van der Waals surface area contributed by atoms with E-state index in [2.05, 4.69) is 23.9 Å². The lowest BCUT2D eigenvalue weighted by molar-refractivity contribution is -0.118. The van der Waals surface area contributed by atoms with Gasteiger partial charge in [-0.3, -0.25) is 4.79 Å². The number of carbonyl (C=O) groups is 1. The SMILES string of the molecule is COc1ccc(OCc2nc3c4c(ncn3n2)OC2=C(C(=O)CC(C)(C)C2)[C@@H]4c2ccccc2)cc1. The Balaban J connectivity index is 1.42. The predicted octanol–water partition coefficient (Wildman–Crippen LogP) is 4.88. The fourth-order valence-corrected chi connectivity index (χ4v) is 5.05. The summed E-state index contributed by atoms with van der Waals surface area (Å²) in [4.78, 5) is 22.8. The number of methoxy groups -OCH3 is 1. The highest BCUT2D eigenvalue weighted by atomic mass is 16.5. The molecule has 1 aliphatic heterocycles. The molecule has 0 saturated heterocycles. The lowest BCUT2D eigenvalue weighted by atomic mass is 9.70. The molecule has 6 rings (SSSR count). The van der Waals surface area contributed by atoms with Crippen LogP contribution in [-0.4, -0.2) is 32.5 Å². The molecule has 2 aromatic heterocycles. The Labute approximate surface area is 208 Å². The van der Waals surface area contributed by atoms with E-state index in [1.165, 1.54) is 0 Å². The quantitative estimate of drug-likeness (QED) is 0.401. The van der Waals surface area contributed by atoms with E-state index in [4.69, 9.17) is 19.2 Å². The van der Waals surface area contributed by atoms with Gasteiger partial charge in [0, 0.05) is 24.3 Å². The first kappa shape index (κ1) is 22.3. The zero-order valence-corrected chi connectivity index (χ0v) is 20.4. The van der Waals surface area contributed by atoms with Crippen molar-refractivity contribution in [3.05, 3.63) is 89.2 Å². The zero-order chi connectivity index (χ0) is 24.9. The maximum absolute atomic E-state index is 13.5. The lowest BCUT2D eigenvalue weighted by Crippen LogP contribution is -2.33. The Morgan fingerprint density at radius 3 is 2.56 bits per heavy atom. The molecule has 2 aromatic carbocycles. The van der Waals surface area contributed by atoms with E-state index in [0.717, 1.165) is 16.9 Å². The second-order valence-corrected chi connectivity index (χ2v) is 9.95. The van der Waals surface area contributed by atoms with Crippen molar-refractivity contribution in [2.45, 2.75) is 39.2 Å². The molecular weight excluding hydrogens is 456 g/mol. The largest absolute Gasteiger partial charge is 0.497 e. The van der Waals surface area contributed by atoms with Crippen LogP contribution in [0.25, 0.3) is 5.65 Å². The van der Waals surface area contributed by atoms with Gasteiger partial charge in [0.05, 0.1) is 12.7 Å². The number of nitrogens with zero attached hydrogens (tertiary/aromatic N) is 4. The predicted molar refractivity (Wildman–Crippen MR) is 132 cm³/mol. The lowest BCUT2D eigenvalue weighted by Gasteiger charge is -2.37. The molecule has 2 aliphatic rings. The highest BCUT2D eigenvalue weighted by Gasteiger charge is 2.43. The maximum atomic E-state index is 13.5. The number of ether oxygens (including phenoxy) is 3. The summed E-state index contributed by atoms with van der Waals surface area (Å²) >= 11 is 0. The van der Waals surface area contributed by atoms with E-state index in [-0.39, 0.29) is 23.7 Å². The van der Waals surface area contributed by atoms with Crippen LogP contribution in [0.4, 0.5) is 0 Å². The van der Waals surface area contributed by atoms with Crippen LogP contribution < -0.4 is 14.2 Å². The van der Waals surface area contributed by atoms with E-state index in [0.29, 0.717) is 47.3 Å². The second kappa shape index (κ2) is 8.48. The first-order valence-electron chi connectivity index (χ1n) is 11.9. The summed E-state index contributed by atoms with van der Waals surface area (Å²) in [6.45, 7) is 4.37. The smallest absolute Gasteiger partial charge is 0.228 e. The van der Waals surface area contributed by atoms with Crippen molar-refractivity contribution in [2.24, 2.45) is 5.41 Å². The summed E-state index contributed by atoms with van der Waals surface area (Å²) in [5.74, 6) is 2.89. The van der Waals surface area contributed by atoms with Gasteiger partial charge in [0.25, 0.3) is 0 Å². The van der Waals surface area contributed by atoms with Gasteiger partial charge in [-0.2, -0.15) is 0 Å². The number of fused-ring (bicyclic) bond motifs is 3. The molecule has 0 saturated carbocycles. The van der Waals surface area contributed by atoms with Crippen molar-refractivity contribution in [1.82, 2.24) is 19.6 Å². The minimum atomic E-state index is -0.329. The van der Waals surface area contributed by atoms with Gasteiger partial charge in [0.1, 0.15) is 30.2 Å². The van der Waals surface area contributed by atoms with Crippen LogP contribution in [0.5, 0.6) is 17.4 Å². The topological polar surface area (TPSA) is 87.8 Å². The molecule has 182 valence electrons. The minimum absolute atomic E-state index is 0.102. The summed E-state index contributed by atoms with van der Waals surface area (Å²) in [6.07, 6.45) is 2.75. The second-order valence-electron chi connectivity index (χ2n) is 9.95. The van der Waals surface area contributed by atoms with Gasteiger partial charge in [-0.25, -0.2) is 14.5 Å². The average Bonchev–Trinajstić information content (AvgIpc) is 3.30. The zero-order valence-electron chi connectivity index (χ0n) is 20.4. The monoisotopic (exact) mass is 482 g/mol. The van der Waals surface area contributed by atoms with Crippen LogP contribution in [0, 0.1) is 5.41 Å². The molecule has 1 atom stereocenters. The van der Waals surface area contributed by atoms with Crippen LogP contribution in [0.15, 0.2) is 72.3 Å². The molecule has 0 spiro atoms. The normalized spacial score (nSPS) is 18.4. The van der Waals surface area contributed by atoms with Crippen LogP contribution in [0.3, 0.4) is 0 Å². The Morgan fingerprint density at radius 1 is 1.06 bits per heavy atom. The van der Waals surface area contributed by atoms with E-state index in [1.54, 1.807) is 18.0 Å². The summed E-state index contributed by atoms with van der Waals surface area (Å²) in [5.41, 5.74) is 2.88. The van der Waals surface area contributed by atoms with Crippen molar-refractivity contribution in [1.29, 1.82) is 0 Å². The Kier molecular flexibility index (Phi) is 5.25. The van der Waals surface area contributed by atoms with Gasteiger partial charge in [0.2, 0.25) is 5.88 Å². The third kappa shape index (κ3) is 3.88. The average molecular weight is 483 g/mol.